The summed E-state index contributed by atoms with van der Waals surface area (Å²) in [6.45, 7) is 2.10. The first-order chi connectivity index (χ1) is 7.72. The molecule has 0 aromatic rings. The van der Waals surface area contributed by atoms with Crippen LogP contribution in [0.3, 0.4) is 0 Å². The summed E-state index contributed by atoms with van der Waals surface area (Å²) in [6.07, 6.45) is 0.677. The molecule has 0 fully saturated rings. The summed E-state index contributed by atoms with van der Waals surface area (Å²) in [7, 11) is 0. The maximum absolute atomic E-state index is 11.4. The third-order valence-electron chi connectivity index (χ3n) is 1.74. The molecule has 0 spiro atoms. The van der Waals surface area contributed by atoms with E-state index >= 15 is 0 Å². The van der Waals surface area contributed by atoms with Gasteiger partial charge in [0.1, 0.15) is 0 Å². The van der Waals surface area contributed by atoms with Gasteiger partial charge >= 0.3 is 11.9 Å². The van der Waals surface area contributed by atoms with Gasteiger partial charge in [0, 0.05) is 0 Å². The highest BCUT2D eigenvalue weighted by molar-refractivity contribution is 6.71. The Hall–Kier alpha value is -2.25. The predicted octanol–water partition coefficient (Wildman–Crippen LogP) is 0.0986. The quantitative estimate of drug-likeness (QED) is 0.630. The number of rotatable bonds is 3. The van der Waals surface area contributed by atoms with Crippen molar-refractivity contribution < 1.29 is 14.3 Å². The number of amidine groups is 2. The van der Waals surface area contributed by atoms with E-state index in [0.29, 0.717) is 6.42 Å². The van der Waals surface area contributed by atoms with Crippen molar-refractivity contribution in [2.45, 2.75) is 13.3 Å². The minimum atomic E-state index is -0.746. The van der Waals surface area contributed by atoms with E-state index < -0.39 is 11.9 Å². The molecular weight excluding hydrogens is 214 g/mol. The molecule has 0 saturated heterocycles. The fourth-order valence-electron chi connectivity index (χ4n) is 1.04. The van der Waals surface area contributed by atoms with Gasteiger partial charge in [-0.3, -0.25) is 4.79 Å². The Balaban J connectivity index is 2.18. The van der Waals surface area contributed by atoms with Gasteiger partial charge in [-0.2, -0.15) is 9.98 Å². The Morgan fingerprint density at radius 3 is 2.94 bits per heavy atom. The van der Waals surface area contributed by atoms with Gasteiger partial charge in [0.05, 0.1) is 6.61 Å². The molecule has 0 aromatic carbocycles. The summed E-state index contributed by atoms with van der Waals surface area (Å²) in [5.41, 5.74) is -0.0490. The van der Waals surface area contributed by atoms with Gasteiger partial charge in [0.25, 0.3) is 0 Å². The van der Waals surface area contributed by atoms with Crippen molar-refractivity contribution in [1.82, 2.24) is 0 Å². The minimum absolute atomic E-state index is 0.00319. The first kappa shape index (κ1) is 10.3. The van der Waals surface area contributed by atoms with Crippen LogP contribution in [0.15, 0.2) is 25.4 Å². The first-order valence-electron chi connectivity index (χ1n) is 4.60. The van der Waals surface area contributed by atoms with Crippen molar-refractivity contribution in [1.29, 1.82) is 0 Å². The largest absolute Gasteiger partial charge is 0.460 e. The molecule has 1 amide bonds. The third-order valence-corrected chi connectivity index (χ3v) is 1.74. The molecule has 16 heavy (non-hydrogen) atoms. The Morgan fingerprint density at radius 1 is 1.38 bits per heavy atom. The number of carbonyl (C=O) groups is 2. The first-order valence-corrected chi connectivity index (χ1v) is 4.60. The topological polar surface area (TPSA) is 105 Å². The summed E-state index contributed by atoms with van der Waals surface area (Å²) in [5.74, 6) is -1.74. The van der Waals surface area contributed by atoms with Crippen LogP contribution in [0.4, 0.5) is 0 Å². The molecule has 0 N–H and O–H groups in total. The van der Waals surface area contributed by atoms with E-state index in [1.807, 2.05) is 6.92 Å². The third kappa shape index (κ3) is 1.76. The fraction of sp³-hybridized carbons (Fsp3) is 0.375. The Labute approximate surface area is 89.8 Å². The normalized spacial score (nSPS) is 17.6. The van der Waals surface area contributed by atoms with Gasteiger partial charge in [0.15, 0.2) is 0 Å². The summed E-state index contributed by atoms with van der Waals surface area (Å²) >= 11 is 0. The molecule has 82 valence electrons. The molecule has 2 heterocycles. The SMILES string of the molecule is CCCOC(=O)C1=NC(=O)C2=NN=NC2=N1. The summed E-state index contributed by atoms with van der Waals surface area (Å²) in [5, 5.41) is 10.2. The van der Waals surface area contributed by atoms with Crippen LogP contribution in [0.2, 0.25) is 0 Å². The van der Waals surface area contributed by atoms with Crippen molar-refractivity contribution in [2.75, 3.05) is 6.61 Å². The molecule has 0 aliphatic carbocycles. The summed E-state index contributed by atoms with van der Waals surface area (Å²) in [4.78, 5) is 29.9. The molecule has 0 unspecified atom stereocenters. The fourth-order valence-corrected chi connectivity index (χ4v) is 1.04. The number of aliphatic imine (C=N–C) groups is 2. The van der Waals surface area contributed by atoms with E-state index in [1.54, 1.807) is 0 Å². The lowest BCUT2D eigenvalue weighted by Crippen LogP contribution is -2.29. The monoisotopic (exact) mass is 221 g/mol. The zero-order valence-corrected chi connectivity index (χ0v) is 8.38. The van der Waals surface area contributed by atoms with Gasteiger partial charge in [-0.1, -0.05) is 6.92 Å². The Morgan fingerprint density at radius 2 is 2.19 bits per heavy atom. The number of carbonyl (C=O) groups excluding carboxylic acids is 2. The van der Waals surface area contributed by atoms with Crippen LogP contribution in [0.1, 0.15) is 13.3 Å². The number of ether oxygens (including phenoxy) is 1. The van der Waals surface area contributed by atoms with Crippen LogP contribution >= 0.6 is 0 Å². The molecule has 0 aromatic heterocycles. The minimum Gasteiger partial charge on any atom is -0.460 e. The van der Waals surface area contributed by atoms with Crippen LogP contribution in [-0.4, -0.2) is 35.9 Å². The zero-order valence-electron chi connectivity index (χ0n) is 8.38. The lowest BCUT2D eigenvalue weighted by molar-refractivity contribution is -0.135. The Bertz CT molecular complexity index is 474. The molecule has 8 heteroatoms. The molecular formula is C8H7N5O3. The van der Waals surface area contributed by atoms with Crippen molar-refractivity contribution in [3.63, 3.8) is 0 Å². The number of hydrogen-bond donors (Lipinski definition) is 0. The van der Waals surface area contributed by atoms with E-state index in [9.17, 15) is 9.59 Å². The van der Waals surface area contributed by atoms with E-state index in [-0.39, 0.29) is 24.0 Å². The summed E-state index contributed by atoms with van der Waals surface area (Å²) in [6, 6.07) is 0. The van der Waals surface area contributed by atoms with Crippen LogP contribution in [0.25, 0.3) is 0 Å². The van der Waals surface area contributed by atoms with Crippen molar-refractivity contribution in [2.24, 2.45) is 25.4 Å². The molecule has 0 atom stereocenters. The van der Waals surface area contributed by atoms with Crippen LogP contribution in [-0.2, 0) is 14.3 Å². The van der Waals surface area contributed by atoms with Crippen molar-refractivity contribution in [3.05, 3.63) is 0 Å². The van der Waals surface area contributed by atoms with Crippen LogP contribution < -0.4 is 0 Å². The van der Waals surface area contributed by atoms with E-state index in [2.05, 4.69) is 25.4 Å². The molecule has 0 bridgehead atoms. The lowest BCUT2D eigenvalue weighted by atomic mass is 10.3. The van der Waals surface area contributed by atoms with Crippen molar-refractivity contribution in [3.8, 4) is 0 Å². The lowest BCUT2D eigenvalue weighted by Gasteiger charge is -2.05. The number of esters is 1. The predicted molar refractivity (Wildman–Crippen MR) is 53.4 cm³/mol. The van der Waals surface area contributed by atoms with Gasteiger partial charge in [0.2, 0.25) is 17.4 Å². The number of nitrogens with zero attached hydrogens (tertiary/aromatic N) is 5. The molecule has 0 saturated carbocycles. The summed E-state index contributed by atoms with van der Waals surface area (Å²) < 4.78 is 4.79. The average molecular weight is 221 g/mol. The number of amides is 1. The van der Waals surface area contributed by atoms with Gasteiger partial charge in [-0.05, 0) is 11.6 Å². The molecule has 2 aliphatic heterocycles. The average Bonchev–Trinajstić information content (AvgIpc) is 2.74. The molecule has 0 radical (unpaired) electrons. The molecule has 2 rings (SSSR count). The smallest absolute Gasteiger partial charge is 0.376 e. The maximum Gasteiger partial charge on any atom is 0.376 e. The molecule has 2 aliphatic rings. The van der Waals surface area contributed by atoms with Gasteiger partial charge in [-0.25, -0.2) is 4.79 Å². The highest BCUT2D eigenvalue weighted by atomic mass is 16.5. The highest BCUT2D eigenvalue weighted by Gasteiger charge is 2.30. The standard InChI is InChI=1S/C8H7N5O3/c1-2-3-16-8(15)6-9-5-4(7(14)10-6)11-13-12-5/h2-3H2,1H3. The highest BCUT2D eigenvalue weighted by Crippen LogP contribution is 2.08. The van der Waals surface area contributed by atoms with E-state index in [4.69, 9.17) is 4.74 Å². The second-order valence-corrected chi connectivity index (χ2v) is 2.95. The molecule has 8 nitrogen and oxygen atoms in total. The number of fused-ring (bicyclic) bond motifs is 1. The zero-order chi connectivity index (χ0) is 11.5. The van der Waals surface area contributed by atoms with Crippen LogP contribution in [0, 0.1) is 0 Å². The second-order valence-electron chi connectivity index (χ2n) is 2.95. The second kappa shape index (κ2) is 4.09. The number of hydrogen-bond acceptors (Lipinski definition) is 7. The maximum atomic E-state index is 11.4. The van der Waals surface area contributed by atoms with E-state index in [1.165, 1.54) is 0 Å². The Kier molecular flexibility index (Phi) is 2.63. The van der Waals surface area contributed by atoms with Crippen molar-refractivity contribution >= 4 is 29.3 Å². The van der Waals surface area contributed by atoms with Crippen LogP contribution in [0.5, 0.6) is 0 Å². The van der Waals surface area contributed by atoms with E-state index in [0.717, 1.165) is 0 Å². The van der Waals surface area contributed by atoms with Gasteiger partial charge in [-0.15, -0.1) is 10.2 Å². The van der Waals surface area contributed by atoms with Gasteiger partial charge < -0.3 is 4.74 Å².